The quantitative estimate of drug-likeness (QED) is 0.783. The number of aromatic nitrogens is 2. The lowest BCUT2D eigenvalue weighted by Crippen LogP contribution is -2.36. The number of imidazole rings is 1. The smallest absolute Gasteiger partial charge is 0.110 e. The molecule has 1 N–H and O–H groups in total. The molecule has 3 nitrogen and oxygen atoms in total. The Morgan fingerprint density at radius 1 is 1.14 bits per heavy atom. The van der Waals surface area contributed by atoms with Crippen molar-refractivity contribution in [2.75, 3.05) is 6.54 Å². The summed E-state index contributed by atoms with van der Waals surface area (Å²) in [6, 6.07) is 9.44. The van der Waals surface area contributed by atoms with Gasteiger partial charge in [-0.05, 0) is 44.9 Å². The van der Waals surface area contributed by atoms with Crippen LogP contribution in [0.2, 0.25) is 0 Å². The maximum atomic E-state index is 4.86. The SMILES string of the molecule is CCCNC(CC)C(C)n1c(CCC)nc2ccccc21. The van der Waals surface area contributed by atoms with Crippen LogP contribution in [0.3, 0.4) is 0 Å². The van der Waals surface area contributed by atoms with E-state index in [1.807, 2.05) is 0 Å². The number of para-hydroxylation sites is 2. The first kappa shape index (κ1) is 16.0. The molecule has 1 aromatic carbocycles. The van der Waals surface area contributed by atoms with Crippen molar-refractivity contribution in [3.8, 4) is 0 Å². The Bertz CT molecular complexity index is 559. The first-order valence-electron chi connectivity index (χ1n) is 8.42. The monoisotopic (exact) mass is 287 g/mol. The van der Waals surface area contributed by atoms with E-state index in [0.717, 1.165) is 31.3 Å². The molecule has 3 heteroatoms. The number of nitrogens with zero attached hydrogens (tertiary/aromatic N) is 2. The number of aryl methyl sites for hydroxylation is 1. The molecule has 0 saturated heterocycles. The van der Waals surface area contributed by atoms with E-state index in [1.54, 1.807) is 0 Å². The molecule has 0 aliphatic heterocycles. The molecule has 21 heavy (non-hydrogen) atoms. The number of nitrogens with one attached hydrogen (secondary N) is 1. The molecule has 2 unspecified atom stereocenters. The van der Waals surface area contributed by atoms with E-state index in [4.69, 9.17) is 4.98 Å². The van der Waals surface area contributed by atoms with Gasteiger partial charge in [-0.25, -0.2) is 4.98 Å². The molecule has 2 atom stereocenters. The zero-order chi connectivity index (χ0) is 15.2. The maximum Gasteiger partial charge on any atom is 0.110 e. The van der Waals surface area contributed by atoms with Gasteiger partial charge in [0, 0.05) is 18.5 Å². The van der Waals surface area contributed by atoms with E-state index in [0.29, 0.717) is 12.1 Å². The Balaban J connectivity index is 2.39. The van der Waals surface area contributed by atoms with Crippen LogP contribution >= 0.6 is 0 Å². The first-order chi connectivity index (χ1) is 10.2. The highest BCUT2D eigenvalue weighted by atomic mass is 15.1. The molecule has 0 radical (unpaired) electrons. The molecule has 2 rings (SSSR count). The fraction of sp³-hybridized carbons (Fsp3) is 0.611. The summed E-state index contributed by atoms with van der Waals surface area (Å²) in [5.74, 6) is 1.22. The Morgan fingerprint density at radius 3 is 2.57 bits per heavy atom. The van der Waals surface area contributed by atoms with Gasteiger partial charge in [0.1, 0.15) is 5.82 Å². The third-order valence-corrected chi connectivity index (χ3v) is 4.23. The molecule has 1 aromatic heterocycles. The summed E-state index contributed by atoms with van der Waals surface area (Å²) in [4.78, 5) is 4.86. The summed E-state index contributed by atoms with van der Waals surface area (Å²) in [5, 5.41) is 3.69. The summed E-state index contributed by atoms with van der Waals surface area (Å²) < 4.78 is 2.45. The molecular formula is C18H29N3. The second kappa shape index (κ2) is 7.60. The predicted octanol–water partition coefficient (Wildman–Crippen LogP) is 4.33. The number of benzene rings is 1. The van der Waals surface area contributed by atoms with Gasteiger partial charge in [-0.1, -0.05) is 32.9 Å². The Hall–Kier alpha value is -1.35. The highest BCUT2D eigenvalue weighted by molar-refractivity contribution is 5.76. The van der Waals surface area contributed by atoms with Crippen LogP contribution in [0.25, 0.3) is 11.0 Å². The second-order valence-corrected chi connectivity index (χ2v) is 5.85. The molecule has 0 saturated carbocycles. The van der Waals surface area contributed by atoms with Gasteiger partial charge in [0.2, 0.25) is 0 Å². The summed E-state index contributed by atoms with van der Waals surface area (Å²) in [6.07, 6.45) is 4.49. The van der Waals surface area contributed by atoms with Crippen molar-refractivity contribution >= 4 is 11.0 Å². The number of fused-ring (bicyclic) bond motifs is 1. The highest BCUT2D eigenvalue weighted by Crippen LogP contribution is 2.25. The molecule has 0 aliphatic rings. The van der Waals surface area contributed by atoms with Gasteiger partial charge in [-0.3, -0.25) is 0 Å². The van der Waals surface area contributed by atoms with Gasteiger partial charge in [-0.2, -0.15) is 0 Å². The second-order valence-electron chi connectivity index (χ2n) is 5.85. The molecule has 0 amide bonds. The zero-order valence-electron chi connectivity index (χ0n) is 13.9. The Kier molecular flexibility index (Phi) is 5.80. The van der Waals surface area contributed by atoms with E-state index in [1.165, 1.54) is 17.8 Å². The highest BCUT2D eigenvalue weighted by Gasteiger charge is 2.21. The zero-order valence-corrected chi connectivity index (χ0v) is 13.9. The fourth-order valence-electron chi connectivity index (χ4n) is 3.11. The van der Waals surface area contributed by atoms with Crippen LogP contribution in [0.5, 0.6) is 0 Å². The van der Waals surface area contributed by atoms with Crippen LogP contribution in [-0.4, -0.2) is 22.1 Å². The number of hydrogen-bond acceptors (Lipinski definition) is 2. The topological polar surface area (TPSA) is 29.9 Å². The number of rotatable bonds is 8. The van der Waals surface area contributed by atoms with Crippen LogP contribution in [0.4, 0.5) is 0 Å². The van der Waals surface area contributed by atoms with Crippen LogP contribution < -0.4 is 5.32 Å². The van der Waals surface area contributed by atoms with Crippen LogP contribution in [0.1, 0.15) is 58.8 Å². The van der Waals surface area contributed by atoms with Crippen molar-refractivity contribution in [2.45, 2.75) is 65.5 Å². The van der Waals surface area contributed by atoms with Crippen molar-refractivity contribution in [3.63, 3.8) is 0 Å². The summed E-state index contributed by atoms with van der Waals surface area (Å²) >= 11 is 0. The van der Waals surface area contributed by atoms with Gasteiger partial charge < -0.3 is 9.88 Å². The lowest BCUT2D eigenvalue weighted by molar-refractivity contribution is 0.360. The van der Waals surface area contributed by atoms with Gasteiger partial charge >= 0.3 is 0 Å². The van der Waals surface area contributed by atoms with E-state index in [2.05, 4.69) is 61.8 Å². The molecule has 116 valence electrons. The maximum absolute atomic E-state index is 4.86. The minimum absolute atomic E-state index is 0.426. The summed E-state index contributed by atoms with van der Waals surface area (Å²) in [5.41, 5.74) is 2.39. The van der Waals surface area contributed by atoms with E-state index < -0.39 is 0 Å². The normalized spacial score (nSPS) is 14.5. The van der Waals surface area contributed by atoms with Crippen LogP contribution in [0.15, 0.2) is 24.3 Å². The van der Waals surface area contributed by atoms with E-state index >= 15 is 0 Å². The molecular weight excluding hydrogens is 258 g/mol. The fourth-order valence-corrected chi connectivity index (χ4v) is 3.11. The summed E-state index contributed by atoms with van der Waals surface area (Å²) in [6.45, 7) is 10.1. The average molecular weight is 287 g/mol. The minimum Gasteiger partial charge on any atom is -0.324 e. The first-order valence-corrected chi connectivity index (χ1v) is 8.42. The van der Waals surface area contributed by atoms with Gasteiger partial charge in [-0.15, -0.1) is 0 Å². The molecule has 0 aliphatic carbocycles. The van der Waals surface area contributed by atoms with Gasteiger partial charge in [0.25, 0.3) is 0 Å². The largest absolute Gasteiger partial charge is 0.324 e. The molecule has 0 fully saturated rings. The van der Waals surface area contributed by atoms with Crippen molar-refractivity contribution in [2.24, 2.45) is 0 Å². The van der Waals surface area contributed by atoms with Crippen LogP contribution in [-0.2, 0) is 6.42 Å². The van der Waals surface area contributed by atoms with Crippen molar-refractivity contribution in [1.29, 1.82) is 0 Å². The third-order valence-electron chi connectivity index (χ3n) is 4.23. The van der Waals surface area contributed by atoms with E-state index in [-0.39, 0.29) is 0 Å². The lowest BCUT2D eigenvalue weighted by atomic mass is 10.1. The van der Waals surface area contributed by atoms with Crippen molar-refractivity contribution < 1.29 is 0 Å². The Morgan fingerprint density at radius 2 is 1.90 bits per heavy atom. The predicted molar refractivity (Wildman–Crippen MR) is 90.8 cm³/mol. The third kappa shape index (κ3) is 3.46. The molecule has 0 bridgehead atoms. The lowest BCUT2D eigenvalue weighted by Gasteiger charge is -2.27. The minimum atomic E-state index is 0.426. The molecule has 2 aromatic rings. The average Bonchev–Trinajstić information content (AvgIpc) is 2.86. The molecule has 0 spiro atoms. The van der Waals surface area contributed by atoms with Crippen molar-refractivity contribution in [3.05, 3.63) is 30.1 Å². The summed E-state index contributed by atoms with van der Waals surface area (Å²) in [7, 11) is 0. The standard InChI is InChI=1S/C18H29N3/c1-5-10-18-20-16-11-8-9-12-17(16)21(18)14(4)15(7-3)19-13-6-2/h8-9,11-12,14-15,19H,5-7,10,13H2,1-4H3. The number of hydrogen-bond donors (Lipinski definition) is 1. The van der Waals surface area contributed by atoms with Crippen LogP contribution in [0, 0.1) is 0 Å². The van der Waals surface area contributed by atoms with Gasteiger partial charge in [0.05, 0.1) is 11.0 Å². The van der Waals surface area contributed by atoms with Crippen molar-refractivity contribution in [1.82, 2.24) is 14.9 Å². The molecule has 1 heterocycles. The van der Waals surface area contributed by atoms with E-state index in [9.17, 15) is 0 Å². The Labute approximate surface area is 128 Å². The van der Waals surface area contributed by atoms with Gasteiger partial charge in [0.15, 0.2) is 0 Å².